The topological polar surface area (TPSA) is 61.1 Å². The van der Waals surface area contributed by atoms with Crippen molar-refractivity contribution in [1.82, 2.24) is 9.13 Å². The van der Waals surface area contributed by atoms with E-state index in [1.807, 2.05) is 0 Å². The lowest BCUT2D eigenvalue weighted by Crippen LogP contribution is -2.37. The molecule has 0 aliphatic carbocycles. The van der Waals surface area contributed by atoms with Gasteiger partial charge in [-0.25, -0.2) is 9.18 Å². The van der Waals surface area contributed by atoms with E-state index in [-0.39, 0.29) is 11.3 Å². The first-order valence-corrected chi connectivity index (χ1v) is 6.15. The Bertz CT molecular complexity index is 829. The molecule has 0 aliphatic rings. The van der Waals surface area contributed by atoms with E-state index in [9.17, 15) is 18.8 Å². The Morgan fingerprint density at radius 3 is 2.38 bits per heavy atom. The van der Waals surface area contributed by atoms with E-state index >= 15 is 0 Å². The van der Waals surface area contributed by atoms with Crippen LogP contribution < -0.4 is 11.2 Å². The summed E-state index contributed by atoms with van der Waals surface area (Å²) in [6, 6.07) is 5.10. The molecule has 6 heteroatoms. The van der Waals surface area contributed by atoms with Gasteiger partial charge in [-0.15, -0.1) is 0 Å². The van der Waals surface area contributed by atoms with Crippen molar-refractivity contribution in [1.29, 1.82) is 0 Å². The molecule has 0 fully saturated rings. The Balaban J connectivity index is 2.34. The summed E-state index contributed by atoms with van der Waals surface area (Å²) in [6.07, 6.45) is 3.92. The summed E-state index contributed by atoms with van der Waals surface area (Å²) in [7, 11) is 2.88. The first-order valence-electron chi connectivity index (χ1n) is 6.15. The SMILES string of the molecule is Cn1cc(/C=C/C(=O)c2ccc(F)cc2)c(=O)n(C)c1=O. The monoisotopic (exact) mass is 288 g/mol. The highest BCUT2D eigenvalue weighted by Crippen LogP contribution is 2.05. The minimum atomic E-state index is -0.485. The number of nitrogens with zero attached hydrogens (tertiary/aromatic N) is 2. The van der Waals surface area contributed by atoms with E-state index in [0.717, 1.165) is 4.57 Å². The van der Waals surface area contributed by atoms with Crippen molar-refractivity contribution in [2.75, 3.05) is 0 Å². The average molecular weight is 288 g/mol. The Hall–Kier alpha value is -2.76. The maximum Gasteiger partial charge on any atom is 0.330 e. The summed E-state index contributed by atoms with van der Waals surface area (Å²) in [4.78, 5) is 35.3. The molecular formula is C15H13FN2O3. The maximum absolute atomic E-state index is 12.8. The van der Waals surface area contributed by atoms with Crippen molar-refractivity contribution in [3.8, 4) is 0 Å². The third kappa shape index (κ3) is 3.05. The standard InChI is InChI=1S/C15H13FN2O3/c1-17-9-11(14(20)18(2)15(17)21)5-8-13(19)10-3-6-12(16)7-4-10/h3-9H,1-2H3/b8-5+. The van der Waals surface area contributed by atoms with Crippen LogP contribution in [0.2, 0.25) is 0 Å². The van der Waals surface area contributed by atoms with E-state index in [0.29, 0.717) is 5.56 Å². The van der Waals surface area contributed by atoms with Crippen LogP contribution in [0, 0.1) is 5.82 Å². The molecule has 0 spiro atoms. The van der Waals surface area contributed by atoms with Crippen molar-refractivity contribution in [2.45, 2.75) is 0 Å². The summed E-state index contributed by atoms with van der Waals surface area (Å²) < 4.78 is 15.0. The van der Waals surface area contributed by atoms with Gasteiger partial charge in [0.1, 0.15) is 5.82 Å². The van der Waals surface area contributed by atoms with Crippen LogP contribution in [0.1, 0.15) is 15.9 Å². The second kappa shape index (κ2) is 5.70. The van der Waals surface area contributed by atoms with Gasteiger partial charge in [0.15, 0.2) is 5.78 Å². The minimum Gasteiger partial charge on any atom is -0.303 e. The highest BCUT2D eigenvalue weighted by Gasteiger charge is 2.06. The van der Waals surface area contributed by atoms with E-state index < -0.39 is 17.1 Å². The molecule has 0 saturated carbocycles. The summed E-state index contributed by atoms with van der Waals surface area (Å²) in [6.45, 7) is 0. The number of halogens is 1. The third-order valence-corrected chi connectivity index (χ3v) is 3.02. The number of hydrogen-bond acceptors (Lipinski definition) is 3. The van der Waals surface area contributed by atoms with Gasteiger partial charge in [-0.1, -0.05) is 0 Å². The lowest BCUT2D eigenvalue weighted by molar-refractivity contribution is 0.104. The van der Waals surface area contributed by atoms with Crippen molar-refractivity contribution < 1.29 is 9.18 Å². The number of hydrogen-bond donors (Lipinski definition) is 0. The molecule has 0 N–H and O–H groups in total. The first kappa shape index (κ1) is 14.6. The van der Waals surface area contributed by atoms with Crippen LogP contribution in [0.4, 0.5) is 4.39 Å². The van der Waals surface area contributed by atoms with Crippen LogP contribution in [0.3, 0.4) is 0 Å². The van der Waals surface area contributed by atoms with Crippen LogP contribution >= 0.6 is 0 Å². The average Bonchev–Trinajstić information content (AvgIpc) is 2.48. The number of aromatic nitrogens is 2. The summed E-state index contributed by atoms with van der Waals surface area (Å²) >= 11 is 0. The zero-order valence-electron chi connectivity index (χ0n) is 11.5. The number of carbonyl (C=O) groups excluding carboxylic acids is 1. The molecule has 0 saturated heterocycles. The van der Waals surface area contributed by atoms with Gasteiger partial charge < -0.3 is 4.57 Å². The molecular weight excluding hydrogens is 275 g/mol. The quantitative estimate of drug-likeness (QED) is 0.628. The van der Waals surface area contributed by atoms with Gasteiger partial charge in [0, 0.05) is 25.9 Å². The lowest BCUT2D eigenvalue weighted by atomic mass is 10.1. The smallest absolute Gasteiger partial charge is 0.303 e. The number of rotatable bonds is 3. The maximum atomic E-state index is 12.8. The van der Waals surface area contributed by atoms with Crippen molar-refractivity contribution in [3.63, 3.8) is 0 Å². The molecule has 0 radical (unpaired) electrons. The number of aryl methyl sites for hydroxylation is 1. The molecule has 1 aromatic heterocycles. The number of allylic oxidation sites excluding steroid dienone is 1. The molecule has 0 unspecified atom stereocenters. The highest BCUT2D eigenvalue weighted by molar-refractivity contribution is 6.06. The third-order valence-electron chi connectivity index (χ3n) is 3.02. The van der Waals surface area contributed by atoms with Crippen LogP contribution in [0.25, 0.3) is 6.08 Å². The fourth-order valence-electron chi connectivity index (χ4n) is 1.83. The van der Waals surface area contributed by atoms with E-state index in [1.54, 1.807) is 0 Å². The van der Waals surface area contributed by atoms with Gasteiger partial charge in [-0.2, -0.15) is 0 Å². The van der Waals surface area contributed by atoms with Crippen LogP contribution in [0.15, 0.2) is 46.1 Å². The summed E-state index contributed by atoms with van der Waals surface area (Å²) in [5.74, 6) is -0.784. The Kier molecular flexibility index (Phi) is 3.98. The number of carbonyl (C=O) groups is 1. The molecule has 0 atom stereocenters. The molecule has 0 bridgehead atoms. The van der Waals surface area contributed by atoms with Gasteiger partial charge in [0.05, 0.1) is 5.56 Å². The van der Waals surface area contributed by atoms with Crippen LogP contribution in [-0.2, 0) is 14.1 Å². The molecule has 1 aromatic carbocycles. The molecule has 1 heterocycles. The fourth-order valence-corrected chi connectivity index (χ4v) is 1.83. The molecule has 0 aliphatic heterocycles. The number of benzene rings is 1. The number of ketones is 1. The van der Waals surface area contributed by atoms with Crippen LogP contribution in [0.5, 0.6) is 0 Å². The van der Waals surface area contributed by atoms with Gasteiger partial charge in [-0.05, 0) is 36.4 Å². The van der Waals surface area contributed by atoms with Gasteiger partial charge in [0.25, 0.3) is 5.56 Å². The molecule has 5 nitrogen and oxygen atoms in total. The summed E-state index contributed by atoms with van der Waals surface area (Å²) in [5.41, 5.74) is -0.396. The van der Waals surface area contributed by atoms with Gasteiger partial charge in [-0.3, -0.25) is 14.2 Å². The van der Waals surface area contributed by atoms with E-state index in [1.165, 1.54) is 61.3 Å². The normalized spacial score (nSPS) is 11.0. The van der Waals surface area contributed by atoms with E-state index in [2.05, 4.69) is 0 Å². The van der Waals surface area contributed by atoms with E-state index in [4.69, 9.17) is 0 Å². The van der Waals surface area contributed by atoms with Crippen molar-refractivity contribution in [2.24, 2.45) is 14.1 Å². The fraction of sp³-hybridized carbons (Fsp3) is 0.133. The second-order valence-corrected chi connectivity index (χ2v) is 4.55. The van der Waals surface area contributed by atoms with Gasteiger partial charge in [0.2, 0.25) is 0 Å². The highest BCUT2D eigenvalue weighted by atomic mass is 19.1. The van der Waals surface area contributed by atoms with Crippen molar-refractivity contribution >= 4 is 11.9 Å². The molecule has 2 aromatic rings. The zero-order valence-corrected chi connectivity index (χ0v) is 11.5. The Morgan fingerprint density at radius 1 is 1.14 bits per heavy atom. The van der Waals surface area contributed by atoms with Crippen LogP contribution in [-0.4, -0.2) is 14.9 Å². The molecule has 108 valence electrons. The second-order valence-electron chi connectivity index (χ2n) is 4.55. The minimum absolute atomic E-state index is 0.218. The molecule has 0 amide bonds. The first-order chi connectivity index (χ1) is 9.90. The Morgan fingerprint density at radius 2 is 1.76 bits per heavy atom. The largest absolute Gasteiger partial charge is 0.330 e. The molecule has 21 heavy (non-hydrogen) atoms. The van der Waals surface area contributed by atoms with Crippen molar-refractivity contribution in [3.05, 3.63) is 74.3 Å². The summed E-state index contributed by atoms with van der Waals surface area (Å²) in [5, 5.41) is 0. The van der Waals surface area contributed by atoms with Gasteiger partial charge >= 0.3 is 5.69 Å². The Labute approximate surface area is 119 Å². The molecule has 2 rings (SSSR count). The lowest BCUT2D eigenvalue weighted by Gasteiger charge is -2.03. The predicted molar refractivity (Wildman–Crippen MR) is 76.7 cm³/mol. The zero-order chi connectivity index (χ0) is 15.6. The predicted octanol–water partition coefficient (Wildman–Crippen LogP) is 1.12.